The standard InChI is InChI=1S/C20H27N3O3S/c1-5-6-15-23(4)18-11-9-17(10-12-18)21-20(24)16-7-13-19(14-8-16)27(25,26)22(2)3/h7-14H,5-6,15H2,1-4H3,(H,21,24). The molecule has 2 aromatic carbocycles. The Labute approximate surface area is 161 Å². The van der Waals surface area contributed by atoms with Gasteiger partial charge in [-0.3, -0.25) is 4.79 Å². The van der Waals surface area contributed by atoms with Crippen molar-refractivity contribution in [3.05, 3.63) is 54.1 Å². The molecule has 2 aromatic rings. The summed E-state index contributed by atoms with van der Waals surface area (Å²) in [7, 11) is 1.49. The zero-order valence-electron chi connectivity index (χ0n) is 16.3. The van der Waals surface area contributed by atoms with E-state index in [0.29, 0.717) is 11.3 Å². The number of nitrogens with zero attached hydrogens (tertiary/aromatic N) is 2. The summed E-state index contributed by atoms with van der Waals surface area (Å²) >= 11 is 0. The molecule has 1 amide bonds. The summed E-state index contributed by atoms with van der Waals surface area (Å²) in [6, 6.07) is 13.6. The lowest BCUT2D eigenvalue weighted by Crippen LogP contribution is -2.22. The Morgan fingerprint density at radius 2 is 1.56 bits per heavy atom. The number of unbranched alkanes of at least 4 members (excludes halogenated alkanes) is 1. The number of benzene rings is 2. The highest BCUT2D eigenvalue weighted by Gasteiger charge is 2.17. The lowest BCUT2D eigenvalue weighted by atomic mass is 10.2. The Morgan fingerprint density at radius 3 is 2.07 bits per heavy atom. The fraction of sp³-hybridized carbons (Fsp3) is 0.350. The number of nitrogens with one attached hydrogen (secondary N) is 1. The van der Waals surface area contributed by atoms with Crippen LogP contribution in [0, 0.1) is 0 Å². The number of hydrogen-bond acceptors (Lipinski definition) is 4. The molecule has 0 bridgehead atoms. The summed E-state index contributed by atoms with van der Waals surface area (Å²) in [5.74, 6) is -0.282. The maximum absolute atomic E-state index is 12.4. The molecule has 0 aromatic heterocycles. The fourth-order valence-electron chi connectivity index (χ4n) is 2.52. The average molecular weight is 390 g/mol. The molecule has 0 saturated heterocycles. The average Bonchev–Trinajstić information content (AvgIpc) is 2.66. The van der Waals surface area contributed by atoms with Gasteiger partial charge in [0.25, 0.3) is 5.91 Å². The van der Waals surface area contributed by atoms with Gasteiger partial charge in [-0.05, 0) is 55.0 Å². The molecular weight excluding hydrogens is 362 g/mol. The molecule has 0 fully saturated rings. The number of amides is 1. The molecule has 146 valence electrons. The zero-order chi connectivity index (χ0) is 20.0. The predicted octanol–water partition coefficient (Wildman–Crippen LogP) is 3.43. The van der Waals surface area contributed by atoms with E-state index in [9.17, 15) is 13.2 Å². The molecule has 0 atom stereocenters. The van der Waals surface area contributed by atoms with Crippen LogP contribution in [-0.2, 0) is 10.0 Å². The van der Waals surface area contributed by atoms with E-state index in [1.54, 1.807) is 0 Å². The third kappa shape index (κ3) is 5.30. The van der Waals surface area contributed by atoms with Crippen LogP contribution in [0.1, 0.15) is 30.1 Å². The Morgan fingerprint density at radius 1 is 0.963 bits per heavy atom. The van der Waals surface area contributed by atoms with Crippen LogP contribution in [0.3, 0.4) is 0 Å². The molecule has 0 unspecified atom stereocenters. The summed E-state index contributed by atoms with van der Waals surface area (Å²) in [6.07, 6.45) is 2.28. The molecule has 0 aliphatic carbocycles. The molecule has 0 radical (unpaired) electrons. The molecule has 0 aliphatic heterocycles. The van der Waals surface area contributed by atoms with Gasteiger partial charge in [0.1, 0.15) is 0 Å². The van der Waals surface area contributed by atoms with E-state index >= 15 is 0 Å². The fourth-order valence-corrected chi connectivity index (χ4v) is 3.42. The van der Waals surface area contributed by atoms with Crippen molar-refractivity contribution in [1.82, 2.24) is 4.31 Å². The molecule has 6 nitrogen and oxygen atoms in total. The topological polar surface area (TPSA) is 69.7 Å². The number of carbonyl (C=O) groups excluding carboxylic acids is 1. The predicted molar refractivity (Wildman–Crippen MR) is 110 cm³/mol. The van der Waals surface area contributed by atoms with E-state index in [2.05, 4.69) is 17.1 Å². The SMILES string of the molecule is CCCCN(C)c1ccc(NC(=O)c2ccc(S(=O)(=O)N(C)C)cc2)cc1. The van der Waals surface area contributed by atoms with Gasteiger partial charge in [0.05, 0.1) is 4.90 Å². The summed E-state index contributed by atoms with van der Waals surface area (Å²) < 4.78 is 25.3. The highest BCUT2D eigenvalue weighted by atomic mass is 32.2. The highest BCUT2D eigenvalue weighted by Crippen LogP contribution is 2.19. The third-order valence-corrected chi connectivity index (χ3v) is 6.14. The lowest BCUT2D eigenvalue weighted by Gasteiger charge is -2.19. The van der Waals surface area contributed by atoms with E-state index in [-0.39, 0.29) is 10.8 Å². The smallest absolute Gasteiger partial charge is 0.255 e. The van der Waals surface area contributed by atoms with Gasteiger partial charge in [-0.2, -0.15) is 0 Å². The van der Waals surface area contributed by atoms with Crippen molar-refractivity contribution in [1.29, 1.82) is 0 Å². The first-order chi connectivity index (χ1) is 12.8. The molecule has 2 rings (SSSR count). The van der Waals surface area contributed by atoms with E-state index in [4.69, 9.17) is 0 Å². The summed E-state index contributed by atoms with van der Waals surface area (Å²) in [5, 5.41) is 2.83. The van der Waals surface area contributed by atoms with Crippen molar-refractivity contribution in [3.63, 3.8) is 0 Å². The van der Waals surface area contributed by atoms with Gasteiger partial charge in [-0.25, -0.2) is 12.7 Å². The number of anilines is 2. The Hall–Kier alpha value is -2.38. The number of carbonyl (C=O) groups is 1. The third-order valence-electron chi connectivity index (χ3n) is 4.31. The van der Waals surface area contributed by atoms with Crippen LogP contribution >= 0.6 is 0 Å². The quantitative estimate of drug-likeness (QED) is 0.751. The van der Waals surface area contributed by atoms with E-state index < -0.39 is 10.0 Å². The summed E-state index contributed by atoms with van der Waals surface area (Å²) in [5.41, 5.74) is 2.19. The summed E-state index contributed by atoms with van der Waals surface area (Å²) in [6.45, 7) is 3.15. The van der Waals surface area contributed by atoms with Crippen molar-refractivity contribution in [3.8, 4) is 0 Å². The van der Waals surface area contributed by atoms with Crippen LogP contribution in [0.2, 0.25) is 0 Å². The molecular formula is C20H27N3O3S. The van der Waals surface area contributed by atoms with E-state index in [1.165, 1.54) is 38.4 Å². The molecule has 7 heteroatoms. The zero-order valence-corrected chi connectivity index (χ0v) is 17.1. The molecule has 0 spiro atoms. The normalized spacial score (nSPS) is 11.4. The first-order valence-electron chi connectivity index (χ1n) is 8.91. The van der Waals surface area contributed by atoms with Crippen LogP contribution in [-0.4, -0.2) is 46.3 Å². The van der Waals surface area contributed by atoms with Crippen molar-refractivity contribution in [2.24, 2.45) is 0 Å². The van der Waals surface area contributed by atoms with Crippen LogP contribution in [0.15, 0.2) is 53.4 Å². The molecule has 27 heavy (non-hydrogen) atoms. The second kappa shape index (κ2) is 9.01. The Kier molecular flexibility index (Phi) is 6.98. The van der Waals surface area contributed by atoms with Gasteiger partial charge in [0.2, 0.25) is 10.0 Å². The minimum Gasteiger partial charge on any atom is -0.375 e. The number of rotatable bonds is 8. The second-order valence-corrected chi connectivity index (χ2v) is 8.74. The Bertz CT molecular complexity index is 860. The van der Waals surface area contributed by atoms with Crippen LogP contribution in [0.4, 0.5) is 11.4 Å². The summed E-state index contributed by atoms with van der Waals surface area (Å²) in [4.78, 5) is 14.7. The lowest BCUT2D eigenvalue weighted by molar-refractivity contribution is 0.102. The minimum absolute atomic E-state index is 0.156. The first kappa shape index (κ1) is 20.9. The van der Waals surface area contributed by atoms with Gasteiger partial charge < -0.3 is 10.2 Å². The van der Waals surface area contributed by atoms with Crippen molar-refractivity contribution in [2.75, 3.05) is 37.9 Å². The monoisotopic (exact) mass is 389 g/mol. The largest absolute Gasteiger partial charge is 0.375 e. The Balaban J connectivity index is 2.05. The van der Waals surface area contributed by atoms with Crippen LogP contribution in [0.25, 0.3) is 0 Å². The van der Waals surface area contributed by atoms with Crippen molar-refractivity contribution >= 4 is 27.3 Å². The van der Waals surface area contributed by atoms with Gasteiger partial charge >= 0.3 is 0 Å². The van der Waals surface area contributed by atoms with Crippen LogP contribution in [0.5, 0.6) is 0 Å². The van der Waals surface area contributed by atoms with E-state index in [0.717, 1.165) is 29.4 Å². The molecule has 0 heterocycles. The minimum atomic E-state index is -3.50. The molecule has 0 aliphatic rings. The highest BCUT2D eigenvalue weighted by molar-refractivity contribution is 7.89. The second-order valence-electron chi connectivity index (χ2n) is 6.59. The first-order valence-corrected chi connectivity index (χ1v) is 10.3. The number of sulfonamides is 1. The maximum atomic E-state index is 12.4. The van der Waals surface area contributed by atoms with Gasteiger partial charge in [0.15, 0.2) is 0 Å². The van der Waals surface area contributed by atoms with E-state index in [1.807, 2.05) is 31.3 Å². The van der Waals surface area contributed by atoms with Crippen molar-refractivity contribution in [2.45, 2.75) is 24.7 Å². The van der Waals surface area contributed by atoms with Crippen LogP contribution < -0.4 is 10.2 Å². The maximum Gasteiger partial charge on any atom is 0.255 e. The van der Waals surface area contributed by atoms with Gasteiger partial charge in [0, 0.05) is 44.6 Å². The molecule has 0 saturated carbocycles. The van der Waals surface area contributed by atoms with Crippen molar-refractivity contribution < 1.29 is 13.2 Å². The van der Waals surface area contributed by atoms with Gasteiger partial charge in [-0.1, -0.05) is 13.3 Å². The molecule has 1 N–H and O–H groups in total. The van der Waals surface area contributed by atoms with Gasteiger partial charge in [-0.15, -0.1) is 0 Å². The number of hydrogen-bond donors (Lipinski definition) is 1.